The molecule has 96 valence electrons. The van der Waals surface area contributed by atoms with Crippen LogP contribution in [0.25, 0.3) is 0 Å². The van der Waals surface area contributed by atoms with Crippen LogP contribution in [0.15, 0.2) is 0 Å². The van der Waals surface area contributed by atoms with Gasteiger partial charge in [-0.1, -0.05) is 30.1 Å². The first-order chi connectivity index (χ1) is 7.19. The second-order valence-corrected chi connectivity index (χ2v) is 6.86. The van der Waals surface area contributed by atoms with Crippen molar-refractivity contribution in [2.45, 2.75) is 37.4 Å². The Morgan fingerprint density at radius 2 is 1.94 bits per heavy atom. The molecule has 0 aliphatic heterocycles. The van der Waals surface area contributed by atoms with Crippen molar-refractivity contribution in [3.05, 3.63) is 0 Å². The van der Waals surface area contributed by atoms with Crippen molar-refractivity contribution in [3.63, 3.8) is 0 Å². The molecule has 2 atom stereocenters. The number of esters is 1. The summed E-state index contributed by atoms with van der Waals surface area (Å²) in [6.07, 6.45) is 0.0546. The van der Waals surface area contributed by atoms with E-state index in [1.165, 1.54) is 6.92 Å². The molecule has 0 rings (SSSR count). The van der Waals surface area contributed by atoms with Crippen molar-refractivity contribution in [1.82, 2.24) is 0 Å². The van der Waals surface area contributed by atoms with Gasteiger partial charge in [0.2, 0.25) is 0 Å². The molecule has 0 aliphatic rings. The van der Waals surface area contributed by atoms with Crippen LogP contribution in [0.2, 0.25) is 0 Å². The number of alkyl halides is 2. The summed E-state index contributed by atoms with van der Waals surface area (Å²) in [5.74, 6) is -1.24. The van der Waals surface area contributed by atoms with Gasteiger partial charge in [0, 0.05) is 0 Å². The van der Waals surface area contributed by atoms with Gasteiger partial charge in [-0.15, -0.1) is 0 Å². The zero-order valence-corrected chi connectivity index (χ0v) is 14.6. The fourth-order valence-electron chi connectivity index (χ4n) is 0.700. The molecule has 2 unspecified atom stereocenters. The van der Waals surface area contributed by atoms with Gasteiger partial charge in [-0.2, -0.15) is 0 Å². The largest absolute Gasteiger partial charge is 1.00 e. The van der Waals surface area contributed by atoms with Gasteiger partial charge in [-0.3, -0.25) is 0 Å². The van der Waals surface area contributed by atoms with Gasteiger partial charge in [-0.25, -0.2) is 4.79 Å². The first-order valence-corrected chi connectivity index (χ1v) is 7.03. The van der Waals surface area contributed by atoms with Gasteiger partial charge >= 0.3 is 35.5 Å². The molecule has 0 radical (unpaired) electrons. The number of carbonyl (C=O) groups is 1. The second-order valence-electron chi connectivity index (χ2n) is 3.08. The molecule has 0 aliphatic carbocycles. The van der Waals surface area contributed by atoms with E-state index in [1.807, 2.05) is 0 Å². The Hall–Kier alpha value is 1.20. The van der Waals surface area contributed by atoms with Gasteiger partial charge < -0.3 is 18.7 Å². The molecule has 0 fully saturated rings. The third kappa shape index (κ3) is 5.79. The van der Waals surface area contributed by atoms with E-state index in [4.69, 9.17) is 27.9 Å². The predicted molar refractivity (Wildman–Crippen MR) is 59.5 cm³/mol. The molecule has 0 spiro atoms. The van der Waals surface area contributed by atoms with E-state index in [1.54, 1.807) is 13.8 Å². The summed E-state index contributed by atoms with van der Waals surface area (Å²) in [7, 11) is -4.71. The maximum Gasteiger partial charge on any atom is 1.00 e. The van der Waals surface area contributed by atoms with Crippen LogP contribution in [-0.2, 0) is 18.6 Å². The molecule has 0 saturated carbocycles. The van der Waals surface area contributed by atoms with Crippen LogP contribution < -0.4 is 34.5 Å². The molecule has 0 saturated heterocycles. The third-order valence-electron chi connectivity index (χ3n) is 1.77. The number of halogens is 2. The van der Waals surface area contributed by atoms with Crippen LogP contribution in [0.5, 0.6) is 0 Å². The molecule has 0 amide bonds. The minimum absolute atomic E-state index is 0. The quantitative estimate of drug-likeness (QED) is 0.273. The Morgan fingerprint density at radius 3 is 2.29 bits per heavy atom. The van der Waals surface area contributed by atoms with Crippen molar-refractivity contribution in [2.24, 2.45) is 0 Å². The fourth-order valence-corrected chi connectivity index (χ4v) is 1.86. The van der Waals surface area contributed by atoms with E-state index >= 15 is 0 Å². The van der Waals surface area contributed by atoms with Gasteiger partial charge in [-0.05, 0) is 20.3 Å². The van der Waals surface area contributed by atoms with Gasteiger partial charge in [0.1, 0.15) is 0 Å². The topological polar surface area (TPSA) is 75.7 Å². The van der Waals surface area contributed by atoms with Gasteiger partial charge in [0.15, 0.2) is 7.60 Å². The molecule has 0 aromatic rings. The van der Waals surface area contributed by atoms with Gasteiger partial charge in [0.25, 0.3) is 4.07 Å². The summed E-state index contributed by atoms with van der Waals surface area (Å²) >= 11 is 10.9. The van der Waals surface area contributed by atoms with Crippen molar-refractivity contribution < 1.29 is 53.1 Å². The van der Waals surface area contributed by atoms with Crippen molar-refractivity contribution in [1.29, 1.82) is 0 Å². The summed E-state index contributed by atoms with van der Waals surface area (Å²) in [6.45, 7) is 4.65. The fraction of sp³-hybridized carbons (Fsp3) is 0.875. The molecule has 0 heterocycles. The summed E-state index contributed by atoms with van der Waals surface area (Å²) in [5.41, 5.74) is 0. The third-order valence-corrected chi connectivity index (χ3v) is 4.79. The van der Waals surface area contributed by atoms with Crippen LogP contribution >= 0.6 is 30.8 Å². The molecule has 9 heteroatoms. The van der Waals surface area contributed by atoms with Crippen molar-refractivity contribution in [3.8, 4) is 0 Å². The average Bonchev–Trinajstić information content (AvgIpc) is 2.16. The van der Waals surface area contributed by atoms with Gasteiger partial charge in [0.05, 0.1) is 12.7 Å². The Kier molecular flexibility index (Phi) is 10.1. The summed E-state index contributed by atoms with van der Waals surface area (Å²) in [5, 5.41) is 0. The monoisotopic (exact) mass is 314 g/mol. The van der Waals surface area contributed by atoms with Crippen LogP contribution in [0.3, 0.4) is 0 Å². The molecular weight excluding hydrogens is 301 g/mol. The first-order valence-electron chi connectivity index (χ1n) is 4.73. The van der Waals surface area contributed by atoms with Crippen molar-refractivity contribution in [2.75, 3.05) is 6.61 Å². The standard InChI is InChI=1S/C8H15Cl2O5P.Na/c1-4-6(3)15-7(11)8(9,10)16(12,13)14-5-2;/h6H,4-5H2,1-3H3,(H,12,13);/q;+1/p-1. The number of carbonyl (C=O) groups excluding carboxylic acids is 1. The number of ether oxygens (including phenoxy) is 1. The maximum absolute atomic E-state index is 11.4. The molecule has 0 aromatic carbocycles. The maximum atomic E-state index is 11.4. The second kappa shape index (κ2) is 8.39. The Balaban J connectivity index is 0. The van der Waals surface area contributed by atoms with Crippen LogP contribution in [-0.4, -0.2) is 22.8 Å². The van der Waals surface area contributed by atoms with Crippen LogP contribution in [0.1, 0.15) is 27.2 Å². The number of hydrogen-bond acceptors (Lipinski definition) is 5. The zero-order valence-electron chi connectivity index (χ0n) is 10.2. The molecular formula is C8H14Cl2NaO5P. The Labute approximate surface area is 133 Å². The van der Waals surface area contributed by atoms with E-state index in [9.17, 15) is 14.3 Å². The Morgan fingerprint density at radius 1 is 1.47 bits per heavy atom. The summed E-state index contributed by atoms with van der Waals surface area (Å²) in [6, 6.07) is 0. The average molecular weight is 315 g/mol. The van der Waals surface area contributed by atoms with E-state index in [2.05, 4.69) is 4.52 Å². The normalized spacial score (nSPS) is 16.6. The molecule has 5 nitrogen and oxygen atoms in total. The summed E-state index contributed by atoms with van der Waals surface area (Å²) < 4.78 is 17.8. The summed E-state index contributed by atoms with van der Waals surface area (Å²) in [4.78, 5) is 22.8. The van der Waals surface area contributed by atoms with Crippen LogP contribution in [0.4, 0.5) is 0 Å². The molecule has 17 heavy (non-hydrogen) atoms. The Bertz CT molecular complexity index is 300. The minimum Gasteiger partial charge on any atom is -0.776 e. The molecule has 0 bridgehead atoms. The van der Waals surface area contributed by atoms with E-state index in [0.29, 0.717) is 6.42 Å². The van der Waals surface area contributed by atoms with Crippen LogP contribution in [0, 0.1) is 0 Å². The van der Waals surface area contributed by atoms with Crippen molar-refractivity contribution >= 4 is 36.8 Å². The molecule has 0 aromatic heterocycles. The van der Waals surface area contributed by atoms with E-state index in [-0.39, 0.29) is 36.2 Å². The molecule has 0 N–H and O–H groups in total. The predicted octanol–water partition coefficient (Wildman–Crippen LogP) is -0.947. The smallest absolute Gasteiger partial charge is 0.776 e. The zero-order chi connectivity index (χ0) is 13.0. The van der Waals surface area contributed by atoms with E-state index in [0.717, 1.165) is 0 Å². The minimum atomic E-state index is -4.71. The van der Waals surface area contributed by atoms with E-state index < -0.39 is 23.7 Å². The first kappa shape index (κ1) is 20.5. The number of rotatable bonds is 6. The number of hydrogen-bond donors (Lipinski definition) is 0. The SMILES string of the molecule is CCOP(=O)([O-])C(Cl)(Cl)C(=O)OC(C)CC.[Na+].